The monoisotopic (exact) mass is 386 g/mol. The van der Waals surface area contributed by atoms with E-state index in [1.807, 2.05) is 60.7 Å². The summed E-state index contributed by atoms with van der Waals surface area (Å²) in [6, 6.07) is 26.9. The smallest absolute Gasteiger partial charge is 0.347 e. The molecule has 0 amide bonds. The van der Waals surface area contributed by atoms with E-state index in [1.165, 1.54) is 0 Å². The van der Waals surface area contributed by atoms with Crippen LogP contribution in [0.4, 0.5) is 0 Å². The number of hydrogen-bond acceptors (Lipinski definition) is 3. The summed E-state index contributed by atoms with van der Waals surface area (Å²) in [7, 11) is 0. The molecule has 3 nitrogen and oxygen atoms in total. The first-order valence-electron chi connectivity index (χ1n) is 8.73. The first kappa shape index (κ1) is 18.0. The Morgan fingerprint density at radius 1 is 0.750 bits per heavy atom. The van der Waals surface area contributed by atoms with Crippen LogP contribution in [0, 0.1) is 0 Å². The molecule has 0 aliphatic carbocycles. The summed E-state index contributed by atoms with van der Waals surface area (Å²) in [6.07, 6.45) is 0. The highest BCUT2D eigenvalue weighted by molar-refractivity contribution is 6.30. The van der Waals surface area contributed by atoms with E-state index in [9.17, 15) is 9.59 Å². The number of benzene rings is 3. The maximum absolute atomic E-state index is 12.9. The zero-order valence-corrected chi connectivity index (χ0v) is 15.5. The average Bonchev–Trinajstić information content (AvgIpc) is 2.75. The summed E-state index contributed by atoms with van der Waals surface area (Å²) in [5, 5.41) is 0.521. The molecule has 1 aromatic heterocycles. The fourth-order valence-electron chi connectivity index (χ4n) is 3.02. The second-order valence-corrected chi connectivity index (χ2v) is 6.69. The normalized spacial score (nSPS) is 10.6. The molecule has 0 saturated carbocycles. The van der Waals surface area contributed by atoms with Crippen LogP contribution >= 0.6 is 11.6 Å². The molecule has 4 aromatic rings. The summed E-state index contributed by atoms with van der Waals surface area (Å²) in [6.45, 7) is 0. The molecule has 0 bridgehead atoms. The minimum Gasteiger partial charge on any atom is -0.422 e. The van der Waals surface area contributed by atoms with Gasteiger partial charge in [0.15, 0.2) is 5.78 Å². The van der Waals surface area contributed by atoms with Crippen molar-refractivity contribution in [2.75, 3.05) is 0 Å². The van der Waals surface area contributed by atoms with Crippen LogP contribution in [0.15, 0.2) is 100 Å². The molecule has 0 saturated heterocycles. The lowest BCUT2D eigenvalue weighted by atomic mass is 9.97. The number of carbonyl (C=O) groups excluding carboxylic acids is 1. The van der Waals surface area contributed by atoms with Gasteiger partial charge in [-0.25, -0.2) is 4.79 Å². The maximum Gasteiger partial charge on any atom is 0.347 e. The Morgan fingerprint density at radius 2 is 1.32 bits per heavy atom. The molecular weight excluding hydrogens is 372 g/mol. The summed E-state index contributed by atoms with van der Waals surface area (Å²) in [5.41, 5.74) is 2.01. The molecule has 4 rings (SSSR count). The summed E-state index contributed by atoms with van der Waals surface area (Å²) in [4.78, 5) is 25.6. The van der Waals surface area contributed by atoms with Gasteiger partial charge in [0.25, 0.3) is 0 Å². The van der Waals surface area contributed by atoms with E-state index in [4.69, 9.17) is 16.0 Å². The third-order valence-corrected chi connectivity index (χ3v) is 4.67. The Bertz CT molecular complexity index is 1180. The van der Waals surface area contributed by atoms with Crippen LogP contribution in [0.3, 0.4) is 0 Å². The minimum atomic E-state index is -0.668. The Kier molecular flexibility index (Phi) is 4.92. The van der Waals surface area contributed by atoms with Crippen LogP contribution < -0.4 is 5.63 Å². The van der Waals surface area contributed by atoms with Gasteiger partial charge >= 0.3 is 5.63 Å². The molecule has 0 unspecified atom stereocenters. The highest BCUT2D eigenvalue weighted by Gasteiger charge is 2.20. The first-order valence-corrected chi connectivity index (χ1v) is 9.10. The molecule has 0 radical (unpaired) electrons. The third-order valence-electron chi connectivity index (χ3n) is 4.42. The molecular formula is C24H15ClO3. The molecule has 4 heteroatoms. The predicted octanol–water partition coefficient (Wildman–Crippen LogP) is 5.86. The summed E-state index contributed by atoms with van der Waals surface area (Å²) in [5.74, 6) is 0.0339. The standard InChI is InChI=1S/C24H15ClO3/c25-19-13-11-17(12-14-19)22(26)21-15-20(16-7-3-1-4-8-16)23(28-24(21)27)18-9-5-2-6-10-18/h1-15H. The van der Waals surface area contributed by atoms with E-state index in [1.54, 1.807) is 30.3 Å². The number of halogens is 1. The Balaban J connectivity index is 1.91. The van der Waals surface area contributed by atoms with Crippen molar-refractivity contribution in [2.45, 2.75) is 0 Å². The van der Waals surface area contributed by atoms with E-state index < -0.39 is 11.4 Å². The van der Waals surface area contributed by atoms with E-state index in [-0.39, 0.29) is 5.56 Å². The van der Waals surface area contributed by atoms with Gasteiger partial charge in [0, 0.05) is 21.7 Å². The van der Waals surface area contributed by atoms with Crippen molar-refractivity contribution in [3.05, 3.63) is 118 Å². The van der Waals surface area contributed by atoms with Crippen LogP contribution in [-0.2, 0) is 0 Å². The molecule has 0 fully saturated rings. The molecule has 28 heavy (non-hydrogen) atoms. The van der Waals surface area contributed by atoms with Crippen molar-refractivity contribution in [3.8, 4) is 22.5 Å². The molecule has 0 spiro atoms. The van der Waals surface area contributed by atoms with Gasteiger partial charge in [-0.05, 0) is 35.9 Å². The van der Waals surface area contributed by atoms with Gasteiger partial charge in [-0.15, -0.1) is 0 Å². The second-order valence-electron chi connectivity index (χ2n) is 6.26. The van der Waals surface area contributed by atoms with Crippen LogP contribution in [0.25, 0.3) is 22.5 Å². The van der Waals surface area contributed by atoms with Crippen LogP contribution in [-0.4, -0.2) is 5.78 Å². The largest absolute Gasteiger partial charge is 0.422 e. The quantitative estimate of drug-likeness (QED) is 0.413. The van der Waals surface area contributed by atoms with Gasteiger partial charge in [0.1, 0.15) is 11.3 Å². The topological polar surface area (TPSA) is 47.3 Å². The van der Waals surface area contributed by atoms with Gasteiger partial charge in [0.05, 0.1) is 0 Å². The fraction of sp³-hybridized carbons (Fsp3) is 0. The van der Waals surface area contributed by atoms with Gasteiger partial charge in [-0.3, -0.25) is 4.79 Å². The fourth-order valence-corrected chi connectivity index (χ4v) is 3.15. The molecule has 3 aromatic carbocycles. The zero-order valence-electron chi connectivity index (χ0n) is 14.8. The average molecular weight is 387 g/mol. The number of hydrogen-bond donors (Lipinski definition) is 0. The maximum atomic E-state index is 12.9. The van der Waals surface area contributed by atoms with Crippen molar-refractivity contribution in [2.24, 2.45) is 0 Å². The molecule has 0 aliphatic heterocycles. The van der Waals surface area contributed by atoms with E-state index in [2.05, 4.69) is 0 Å². The number of ketones is 1. The van der Waals surface area contributed by atoms with Crippen molar-refractivity contribution >= 4 is 17.4 Å². The third kappa shape index (κ3) is 3.53. The summed E-state index contributed by atoms with van der Waals surface area (Å²) < 4.78 is 5.64. The minimum absolute atomic E-state index is 0.0131. The van der Waals surface area contributed by atoms with Crippen molar-refractivity contribution in [1.29, 1.82) is 0 Å². The molecule has 0 aliphatic rings. The lowest BCUT2D eigenvalue weighted by molar-refractivity contribution is 0.103. The SMILES string of the molecule is O=C(c1ccc(Cl)cc1)c1cc(-c2ccccc2)c(-c2ccccc2)oc1=O. The molecule has 0 atom stereocenters. The van der Waals surface area contributed by atoms with Crippen molar-refractivity contribution < 1.29 is 9.21 Å². The van der Waals surface area contributed by atoms with E-state index in [0.29, 0.717) is 21.9 Å². The van der Waals surface area contributed by atoms with Gasteiger partial charge in [-0.2, -0.15) is 0 Å². The van der Waals surface area contributed by atoms with Crippen molar-refractivity contribution in [1.82, 2.24) is 0 Å². The van der Waals surface area contributed by atoms with Crippen LogP contribution in [0.2, 0.25) is 5.02 Å². The van der Waals surface area contributed by atoms with Gasteiger partial charge < -0.3 is 4.42 Å². The predicted molar refractivity (Wildman–Crippen MR) is 111 cm³/mol. The Hall–Kier alpha value is -3.43. The second kappa shape index (κ2) is 7.67. The van der Waals surface area contributed by atoms with Crippen LogP contribution in [0.5, 0.6) is 0 Å². The highest BCUT2D eigenvalue weighted by Crippen LogP contribution is 2.32. The first-order chi connectivity index (χ1) is 13.6. The van der Waals surface area contributed by atoms with Gasteiger partial charge in [0.2, 0.25) is 0 Å². The zero-order chi connectivity index (χ0) is 19.5. The number of rotatable bonds is 4. The van der Waals surface area contributed by atoms with E-state index in [0.717, 1.165) is 11.1 Å². The van der Waals surface area contributed by atoms with Crippen LogP contribution in [0.1, 0.15) is 15.9 Å². The lowest BCUT2D eigenvalue weighted by Gasteiger charge is -2.10. The Labute approximate surface area is 166 Å². The number of carbonyl (C=O) groups is 1. The van der Waals surface area contributed by atoms with E-state index >= 15 is 0 Å². The highest BCUT2D eigenvalue weighted by atomic mass is 35.5. The molecule has 136 valence electrons. The Morgan fingerprint density at radius 3 is 1.93 bits per heavy atom. The lowest BCUT2D eigenvalue weighted by Crippen LogP contribution is -2.15. The summed E-state index contributed by atoms with van der Waals surface area (Å²) >= 11 is 5.90. The van der Waals surface area contributed by atoms with Gasteiger partial charge in [-0.1, -0.05) is 72.3 Å². The van der Waals surface area contributed by atoms with Crippen molar-refractivity contribution in [3.63, 3.8) is 0 Å². The molecule has 1 heterocycles. The molecule has 0 N–H and O–H groups in total.